The van der Waals surface area contributed by atoms with Crippen LogP contribution in [0.15, 0.2) is 12.2 Å². The van der Waals surface area contributed by atoms with Gasteiger partial charge in [0, 0.05) is 12.8 Å². The van der Waals surface area contributed by atoms with Crippen molar-refractivity contribution in [2.45, 2.75) is 213 Å². The summed E-state index contributed by atoms with van der Waals surface area (Å²) in [5, 5.41) is 0. The average molecular weight is 703 g/mol. The smallest absolute Gasteiger partial charge is 0.462 e. The van der Waals surface area contributed by atoms with E-state index in [2.05, 4.69) is 30.5 Å². The summed E-state index contributed by atoms with van der Waals surface area (Å²) in [7, 11) is -4.74. The fourth-order valence-corrected chi connectivity index (χ4v) is 6.14. The quantitative estimate of drug-likeness (QED) is 0.0284. The summed E-state index contributed by atoms with van der Waals surface area (Å²) in [5.74, 6) is -0.882. The van der Waals surface area contributed by atoms with Crippen LogP contribution in [0.1, 0.15) is 206 Å². The molecule has 9 heteroatoms. The number of phosphoric acid groups is 1. The molecule has 0 aromatic heterocycles. The maximum Gasteiger partial charge on any atom is 0.469 e. The molecule has 0 aromatic carbocycles. The summed E-state index contributed by atoms with van der Waals surface area (Å²) in [4.78, 5) is 42.7. The van der Waals surface area contributed by atoms with E-state index in [1.54, 1.807) is 0 Å². The van der Waals surface area contributed by atoms with Crippen molar-refractivity contribution in [1.29, 1.82) is 0 Å². The van der Waals surface area contributed by atoms with Crippen LogP contribution in [0.2, 0.25) is 0 Å². The van der Waals surface area contributed by atoms with Crippen molar-refractivity contribution >= 4 is 19.8 Å². The van der Waals surface area contributed by atoms with Gasteiger partial charge in [0.2, 0.25) is 0 Å². The van der Waals surface area contributed by atoms with Crippen molar-refractivity contribution < 1.29 is 37.9 Å². The van der Waals surface area contributed by atoms with E-state index in [1.165, 1.54) is 128 Å². The van der Waals surface area contributed by atoms with Gasteiger partial charge in [-0.15, -0.1) is 0 Å². The predicted molar refractivity (Wildman–Crippen MR) is 198 cm³/mol. The van der Waals surface area contributed by atoms with Crippen LogP contribution in [0.4, 0.5) is 0 Å². The molecule has 8 nitrogen and oxygen atoms in total. The minimum absolute atomic E-state index is 0.211. The van der Waals surface area contributed by atoms with Crippen LogP contribution in [0.25, 0.3) is 0 Å². The zero-order valence-electron chi connectivity index (χ0n) is 31.2. The number of allylic oxidation sites excluding steroid dienone is 2. The molecule has 0 saturated carbocycles. The largest absolute Gasteiger partial charge is 0.469 e. The van der Waals surface area contributed by atoms with Crippen LogP contribution in [0, 0.1) is 0 Å². The lowest BCUT2D eigenvalue weighted by molar-refractivity contribution is -0.161. The van der Waals surface area contributed by atoms with Gasteiger partial charge in [0.25, 0.3) is 0 Å². The summed E-state index contributed by atoms with van der Waals surface area (Å²) in [6, 6.07) is 0. The van der Waals surface area contributed by atoms with E-state index < -0.39 is 32.5 Å². The minimum atomic E-state index is -4.74. The van der Waals surface area contributed by atoms with Gasteiger partial charge in [0.15, 0.2) is 6.10 Å². The molecule has 0 aliphatic rings. The van der Waals surface area contributed by atoms with Gasteiger partial charge in [-0.05, 0) is 38.5 Å². The number of ether oxygens (including phenoxy) is 2. The third kappa shape index (κ3) is 37.6. The monoisotopic (exact) mass is 703 g/mol. The number of unbranched alkanes of at least 4 members (excludes halogenated alkanes) is 25. The minimum Gasteiger partial charge on any atom is -0.462 e. The van der Waals surface area contributed by atoms with Gasteiger partial charge in [-0.2, -0.15) is 0 Å². The van der Waals surface area contributed by atoms with Crippen molar-refractivity contribution in [3.05, 3.63) is 12.2 Å². The molecule has 0 fully saturated rings. The number of esters is 2. The van der Waals surface area contributed by atoms with E-state index >= 15 is 0 Å². The van der Waals surface area contributed by atoms with E-state index in [-0.39, 0.29) is 19.4 Å². The summed E-state index contributed by atoms with van der Waals surface area (Å²) in [6.45, 7) is 3.68. The fraction of sp³-hybridized carbons (Fsp3) is 0.897. The first-order valence-corrected chi connectivity index (χ1v) is 21.5. The Balaban J connectivity index is 3.89. The van der Waals surface area contributed by atoms with Crippen LogP contribution in [-0.4, -0.2) is 41.0 Å². The summed E-state index contributed by atoms with van der Waals surface area (Å²) >= 11 is 0. The second-order valence-corrected chi connectivity index (χ2v) is 14.9. The predicted octanol–water partition coefficient (Wildman–Crippen LogP) is 11.8. The molecule has 0 amide bonds. The highest BCUT2D eigenvalue weighted by atomic mass is 31.2. The van der Waals surface area contributed by atoms with Crippen molar-refractivity contribution in [3.63, 3.8) is 0 Å². The first-order valence-electron chi connectivity index (χ1n) is 20.0. The highest BCUT2D eigenvalue weighted by Gasteiger charge is 2.22. The first kappa shape index (κ1) is 46.8. The van der Waals surface area contributed by atoms with Gasteiger partial charge in [-0.1, -0.05) is 167 Å². The summed E-state index contributed by atoms with van der Waals surface area (Å²) < 4.78 is 26.3. The normalized spacial score (nSPS) is 12.5. The Labute approximate surface area is 295 Å². The molecular formula is C39H75O8P. The molecule has 48 heavy (non-hydrogen) atoms. The number of carbonyl (C=O) groups is 2. The van der Waals surface area contributed by atoms with Gasteiger partial charge in [-0.25, -0.2) is 4.57 Å². The van der Waals surface area contributed by atoms with Crippen LogP contribution in [0.5, 0.6) is 0 Å². The Morgan fingerprint density at radius 1 is 0.521 bits per heavy atom. The van der Waals surface area contributed by atoms with Gasteiger partial charge in [-0.3, -0.25) is 14.1 Å². The molecular weight excluding hydrogens is 627 g/mol. The van der Waals surface area contributed by atoms with E-state index in [0.717, 1.165) is 44.9 Å². The Hall–Kier alpha value is -1.21. The number of hydrogen-bond donors (Lipinski definition) is 2. The Morgan fingerprint density at radius 3 is 1.27 bits per heavy atom. The van der Waals surface area contributed by atoms with Crippen molar-refractivity contribution in [1.82, 2.24) is 0 Å². The van der Waals surface area contributed by atoms with Crippen LogP contribution < -0.4 is 0 Å². The Kier molecular flexibility index (Phi) is 34.7. The number of phosphoric ester groups is 1. The Morgan fingerprint density at radius 2 is 0.875 bits per heavy atom. The zero-order chi connectivity index (χ0) is 35.4. The summed E-state index contributed by atoms with van der Waals surface area (Å²) in [6.07, 6.45) is 37.9. The molecule has 0 heterocycles. The van der Waals surface area contributed by atoms with Gasteiger partial charge >= 0.3 is 19.8 Å². The Bertz CT molecular complexity index is 797. The zero-order valence-corrected chi connectivity index (χ0v) is 32.0. The maximum atomic E-state index is 12.4. The molecule has 0 rings (SSSR count). The average Bonchev–Trinajstić information content (AvgIpc) is 3.05. The molecule has 0 radical (unpaired) electrons. The van der Waals surface area contributed by atoms with Gasteiger partial charge < -0.3 is 19.3 Å². The molecule has 0 aromatic rings. The number of carbonyl (C=O) groups excluding carboxylic acids is 2. The molecule has 0 saturated heterocycles. The molecule has 0 spiro atoms. The SMILES string of the molecule is CCCCCCCCCC/C=C\CCCCCCCCCC(=O)O[C@H](COC(=O)CCCCCCCCCCCCC)COP(=O)(O)O. The topological polar surface area (TPSA) is 119 Å². The maximum absolute atomic E-state index is 12.4. The lowest BCUT2D eigenvalue weighted by Gasteiger charge is -2.18. The van der Waals surface area contributed by atoms with E-state index in [0.29, 0.717) is 6.42 Å². The lowest BCUT2D eigenvalue weighted by Crippen LogP contribution is -2.29. The molecule has 0 bridgehead atoms. The molecule has 0 aliphatic carbocycles. The highest BCUT2D eigenvalue weighted by molar-refractivity contribution is 7.46. The van der Waals surface area contributed by atoms with Crippen molar-refractivity contribution in [2.75, 3.05) is 13.2 Å². The van der Waals surface area contributed by atoms with Crippen molar-refractivity contribution in [3.8, 4) is 0 Å². The van der Waals surface area contributed by atoms with Gasteiger partial charge in [0.05, 0.1) is 6.61 Å². The summed E-state index contributed by atoms with van der Waals surface area (Å²) in [5.41, 5.74) is 0. The molecule has 0 aliphatic heterocycles. The third-order valence-corrected chi connectivity index (χ3v) is 9.27. The first-order chi connectivity index (χ1) is 23.3. The second-order valence-electron chi connectivity index (χ2n) is 13.6. The molecule has 1 atom stereocenters. The van der Waals surface area contributed by atoms with Crippen LogP contribution in [-0.2, 0) is 28.2 Å². The molecule has 284 valence electrons. The lowest BCUT2D eigenvalue weighted by atomic mass is 10.1. The second kappa shape index (κ2) is 35.6. The fourth-order valence-electron chi connectivity index (χ4n) is 5.78. The van der Waals surface area contributed by atoms with E-state index in [4.69, 9.17) is 19.3 Å². The van der Waals surface area contributed by atoms with Gasteiger partial charge in [0.1, 0.15) is 6.61 Å². The van der Waals surface area contributed by atoms with Crippen LogP contribution in [0.3, 0.4) is 0 Å². The van der Waals surface area contributed by atoms with E-state index in [1.807, 2.05) is 0 Å². The number of rotatable bonds is 37. The highest BCUT2D eigenvalue weighted by Crippen LogP contribution is 2.36. The standard InChI is InChI=1S/C39H75O8P/c1-3-5-7-9-11-13-15-16-17-18-19-20-21-22-24-26-28-30-32-34-39(41)47-37(36-46-48(42,43)44)35-45-38(40)33-31-29-27-25-23-14-12-10-8-6-4-2/h18-19,37H,3-17,20-36H2,1-2H3,(H2,42,43,44)/b19-18-/t37-/m1/s1. The molecule has 2 N–H and O–H groups in total. The third-order valence-electron chi connectivity index (χ3n) is 8.78. The van der Waals surface area contributed by atoms with Crippen LogP contribution >= 0.6 is 7.82 Å². The number of hydrogen-bond acceptors (Lipinski definition) is 6. The molecule has 0 unspecified atom stereocenters. The van der Waals surface area contributed by atoms with E-state index in [9.17, 15) is 14.2 Å². The van der Waals surface area contributed by atoms with Crippen molar-refractivity contribution in [2.24, 2.45) is 0 Å².